The van der Waals surface area contributed by atoms with Crippen molar-refractivity contribution < 1.29 is 8.91 Å². The van der Waals surface area contributed by atoms with E-state index in [0.29, 0.717) is 50.2 Å². The average molecular weight is 345 g/mol. The van der Waals surface area contributed by atoms with Crippen molar-refractivity contribution in [2.24, 2.45) is 4.99 Å². The van der Waals surface area contributed by atoms with Gasteiger partial charge in [0.25, 0.3) is 0 Å². The molecule has 0 saturated carbocycles. The van der Waals surface area contributed by atoms with E-state index in [1.54, 1.807) is 25.1 Å². The van der Waals surface area contributed by atoms with Gasteiger partial charge in [-0.2, -0.15) is 4.98 Å². The zero-order chi connectivity index (χ0) is 17.9. The molecule has 1 heterocycles. The van der Waals surface area contributed by atoms with Gasteiger partial charge in [0.2, 0.25) is 5.89 Å². The SMILES string of the molecule is C=CCNC(=NCCCc1nc(C)no1)NCCc1cccc(F)c1. The summed E-state index contributed by atoms with van der Waals surface area (Å²) in [5, 5.41) is 10.2. The van der Waals surface area contributed by atoms with Gasteiger partial charge in [0.15, 0.2) is 11.8 Å². The second-order valence-corrected chi connectivity index (χ2v) is 5.55. The molecule has 0 aliphatic heterocycles. The number of nitrogens with one attached hydrogen (secondary N) is 2. The van der Waals surface area contributed by atoms with Gasteiger partial charge in [-0.1, -0.05) is 23.4 Å². The van der Waals surface area contributed by atoms with E-state index in [2.05, 4.69) is 32.3 Å². The Balaban J connectivity index is 1.77. The highest BCUT2D eigenvalue weighted by Gasteiger charge is 2.02. The monoisotopic (exact) mass is 345 g/mol. The number of benzene rings is 1. The Kier molecular flexibility index (Phi) is 7.62. The van der Waals surface area contributed by atoms with E-state index in [4.69, 9.17) is 4.52 Å². The minimum Gasteiger partial charge on any atom is -0.356 e. The van der Waals surface area contributed by atoms with Crippen molar-refractivity contribution in [2.75, 3.05) is 19.6 Å². The number of nitrogens with zero attached hydrogens (tertiary/aromatic N) is 3. The molecule has 0 spiro atoms. The minimum absolute atomic E-state index is 0.215. The predicted molar refractivity (Wildman–Crippen MR) is 96.0 cm³/mol. The van der Waals surface area contributed by atoms with Crippen LogP contribution in [-0.4, -0.2) is 35.7 Å². The number of guanidine groups is 1. The van der Waals surface area contributed by atoms with Crippen LogP contribution in [0.1, 0.15) is 23.7 Å². The number of rotatable bonds is 9. The summed E-state index contributed by atoms with van der Waals surface area (Å²) in [7, 11) is 0. The topological polar surface area (TPSA) is 75.3 Å². The summed E-state index contributed by atoms with van der Waals surface area (Å²) in [4.78, 5) is 8.68. The van der Waals surface area contributed by atoms with Crippen LogP contribution >= 0.6 is 0 Å². The van der Waals surface area contributed by atoms with Crippen LogP contribution in [0.2, 0.25) is 0 Å². The van der Waals surface area contributed by atoms with Crippen molar-refractivity contribution >= 4 is 5.96 Å². The molecule has 1 aromatic heterocycles. The maximum Gasteiger partial charge on any atom is 0.226 e. The Labute approximate surface area is 147 Å². The first-order valence-corrected chi connectivity index (χ1v) is 8.34. The maximum absolute atomic E-state index is 13.2. The van der Waals surface area contributed by atoms with Crippen molar-refractivity contribution in [3.05, 3.63) is 60.0 Å². The minimum atomic E-state index is -0.215. The summed E-state index contributed by atoms with van der Waals surface area (Å²) in [6.07, 6.45) is 3.99. The number of aliphatic imine (C=N–C) groups is 1. The van der Waals surface area contributed by atoms with E-state index >= 15 is 0 Å². The van der Waals surface area contributed by atoms with Gasteiger partial charge in [-0.3, -0.25) is 4.99 Å². The molecular formula is C18H24FN5O. The van der Waals surface area contributed by atoms with Crippen LogP contribution in [0.4, 0.5) is 4.39 Å². The van der Waals surface area contributed by atoms with Crippen molar-refractivity contribution in [1.29, 1.82) is 0 Å². The number of hydrogen-bond acceptors (Lipinski definition) is 4. The number of halogens is 1. The molecule has 25 heavy (non-hydrogen) atoms. The molecule has 0 atom stereocenters. The van der Waals surface area contributed by atoms with Gasteiger partial charge in [0.1, 0.15) is 5.82 Å². The quantitative estimate of drug-likeness (QED) is 0.316. The van der Waals surface area contributed by atoms with Crippen molar-refractivity contribution in [1.82, 2.24) is 20.8 Å². The number of hydrogen-bond donors (Lipinski definition) is 2. The van der Waals surface area contributed by atoms with E-state index in [-0.39, 0.29) is 5.82 Å². The van der Waals surface area contributed by atoms with Crippen LogP contribution < -0.4 is 10.6 Å². The second-order valence-electron chi connectivity index (χ2n) is 5.55. The Hall–Kier alpha value is -2.70. The summed E-state index contributed by atoms with van der Waals surface area (Å²) in [6, 6.07) is 6.61. The lowest BCUT2D eigenvalue weighted by molar-refractivity contribution is 0.372. The summed E-state index contributed by atoms with van der Waals surface area (Å²) in [6.45, 7) is 7.41. The van der Waals surface area contributed by atoms with Gasteiger partial charge < -0.3 is 15.2 Å². The lowest BCUT2D eigenvalue weighted by Gasteiger charge is -2.11. The summed E-state index contributed by atoms with van der Waals surface area (Å²) in [5.74, 6) is 1.77. The van der Waals surface area contributed by atoms with Crippen molar-refractivity contribution in [2.45, 2.75) is 26.2 Å². The predicted octanol–water partition coefficient (Wildman–Crippen LogP) is 2.41. The Morgan fingerprint density at radius 3 is 2.96 bits per heavy atom. The third kappa shape index (κ3) is 7.15. The first kappa shape index (κ1) is 18.6. The van der Waals surface area contributed by atoms with Crippen LogP contribution in [-0.2, 0) is 12.8 Å². The van der Waals surface area contributed by atoms with Gasteiger partial charge in [0.05, 0.1) is 0 Å². The lowest BCUT2D eigenvalue weighted by atomic mass is 10.1. The fourth-order valence-electron chi connectivity index (χ4n) is 2.22. The normalized spacial score (nSPS) is 11.4. The van der Waals surface area contributed by atoms with Crippen LogP contribution in [0.5, 0.6) is 0 Å². The highest BCUT2D eigenvalue weighted by atomic mass is 19.1. The molecule has 0 bridgehead atoms. The molecule has 0 aliphatic carbocycles. The molecular weight excluding hydrogens is 321 g/mol. The number of aryl methyl sites for hydroxylation is 2. The van der Waals surface area contributed by atoms with Gasteiger partial charge in [-0.05, 0) is 37.5 Å². The molecule has 0 saturated heterocycles. The zero-order valence-corrected chi connectivity index (χ0v) is 14.5. The van der Waals surface area contributed by atoms with Crippen LogP contribution in [0.15, 0.2) is 46.4 Å². The third-order valence-corrected chi connectivity index (χ3v) is 3.40. The van der Waals surface area contributed by atoms with Crippen LogP contribution in [0, 0.1) is 12.7 Å². The molecule has 6 nitrogen and oxygen atoms in total. The van der Waals surface area contributed by atoms with Crippen molar-refractivity contribution in [3.63, 3.8) is 0 Å². The third-order valence-electron chi connectivity index (χ3n) is 3.40. The molecule has 7 heteroatoms. The zero-order valence-electron chi connectivity index (χ0n) is 14.5. The fourth-order valence-corrected chi connectivity index (χ4v) is 2.22. The van der Waals surface area contributed by atoms with E-state index in [0.717, 1.165) is 12.0 Å². The van der Waals surface area contributed by atoms with Crippen LogP contribution in [0.25, 0.3) is 0 Å². The molecule has 0 aliphatic rings. The molecule has 1 aromatic carbocycles. The molecule has 0 unspecified atom stereocenters. The lowest BCUT2D eigenvalue weighted by Crippen LogP contribution is -2.38. The number of aromatic nitrogens is 2. The molecule has 2 rings (SSSR count). The Morgan fingerprint density at radius 2 is 2.24 bits per heavy atom. The van der Waals surface area contributed by atoms with Gasteiger partial charge in [-0.25, -0.2) is 4.39 Å². The van der Waals surface area contributed by atoms with E-state index < -0.39 is 0 Å². The molecule has 2 aromatic rings. The molecule has 0 fully saturated rings. The largest absolute Gasteiger partial charge is 0.356 e. The summed E-state index contributed by atoms with van der Waals surface area (Å²) in [5.41, 5.74) is 0.947. The van der Waals surface area contributed by atoms with E-state index in [9.17, 15) is 4.39 Å². The first-order chi connectivity index (χ1) is 12.2. The highest BCUT2D eigenvalue weighted by molar-refractivity contribution is 5.79. The molecule has 0 amide bonds. The Bertz CT molecular complexity index is 698. The summed E-state index contributed by atoms with van der Waals surface area (Å²) < 4.78 is 18.3. The first-order valence-electron chi connectivity index (χ1n) is 8.34. The highest BCUT2D eigenvalue weighted by Crippen LogP contribution is 2.03. The van der Waals surface area contributed by atoms with Gasteiger partial charge >= 0.3 is 0 Å². The maximum atomic E-state index is 13.2. The van der Waals surface area contributed by atoms with Crippen molar-refractivity contribution in [3.8, 4) is 0 Å². The van der Waals surface area contributed by atoms with Gasteiger partial charge in [-0.15, -0.1) is 6.58 Å². The van der Waals surface area contributed by atoms with Gasteiger partial charge in [0, 0.05) is 26.1 Å². The summed E-state index contributed by atoms with van der Waals surface area (Å²) >= 11 is 0. The van der Waals surface area contributed by atoms with E-state index in [1.165, 1.54) is 6.07 Å². The molecule has 0 radical (unpaired) electrons. The average Bonchev–Trinajstić information content (AvgIpc) is 3.01. The Morgan fingerprint density at radius 1 is 1.36 bits per heavy atom. The van der Waals surface area contributed by atoms with Crippen LogP contribution in [0.3, 0.4) is 0 Å². The fraction of sp³-hybridized carbons (Fsp3) is 0.389. The van der Waals surface area contributed by atoms with E-state index in [1.807, 2.05) is 6.07 Å². The standard InChI is InChI=1S/C18H24FN5O/c1-3-10-20-18(21-11-5-8-17-23-14(2)24-25-17)22-12-9-15-6-4-7-16(19)13-15/h3-4,6-7,13H,1,5,8-12H2,2H3,(H2,20,21,22). The second kappa shape index (κ2) is 10.2. The smallest absolute Gasteiger partial charge is 0.226 e. The molecule has 2 N–H and O–H groups in total. The molecule has 134 valence electrons.